The molecule has 1 saturated heterocycles. The van der Waals surface area contributed by atoms with Gasteiger partial charge in [0.15, 0.2) is 0 Å². The fourth-order valence-electron chi connectivity index (χ4n) is 8.30. The van der Waals surface area contributed by atoms with E-state index < -0.39 is 16.4 Å². The van der Waals surface area contributed by atoms with Crippen LogP contribution in [-0.4, -0.2) is 73.5 Å². The van der Waals surface area contributed by atoms with Crippen molar-refractivity contribution >= 4 is 17.9 Å². The van der Waals surface area contributed by atoms with Crippen molar-refractivity contribution < 1.29 is 33.3 Å². The molecule has 6 aliphatic rings. The molecule has 6 fully saturated rings. The maximum atomic E-state index is 13.5. The zero-order valence-electron chi connectivity index (χ0n) is 28.9. The molecule has 5 aliphatic carbocycles. The normalized spacial score (nSPS) is 29.8. The molecule has 4 bridgehead atoms. The topological polar surface area (TPSA) is 91.4 Å². The molecule has 0 aromatic rings. The van der Waals surface area contributed by atoms with Gasteiger partial charge in [-0.2, -0.15) is 0 Å². The second-order valence-electron chi connectivity index (χ2n) is 16.0. The Morgan fingerprint density at radius 1 is 0.804 bits per heavy atom. The largest absolute Gasteiger partial charge is 0.464 e. The van der Waals surface area contributed by atoms with Crippen LogP contribution in [0.5, 0.6) is 0 Å². The van der Waals surface area contributed by atoms with Crippen molar-refractivity contribution in [1.29, 1.82) is 0 Å². The molecule has 2 atom stereocenters. The Bertz CT molecular complexity index is 995. The van der Waals surface area contributed by atoms with Gasteiger partial charge in [-0.1, -0.05) is 35.6 Å². The first-order chi connectivity index (χ1) is 20.7. The smallest absolute Gasteiger partial charge is 0.312 e. The Hall–Kier alpha value is -1.67. The van der Waals surface area contributed by atoms with Crippen LogP contribution in [0, 0.1) is 28.1 Å². The minimum atomic E-state index is -0.465. The minimum absolute atomic E-state index is 0. The van der Waals surface area contributed by atoms with Gasteiger partial charge in [0.2, 0.25) is 0 Å². The third-order valence-electron chi connectivity index (χ3n) is 11.8. The van der Waals surface area contributed by atoms with E-state index in [1.165, 1.54) is 6.42 Å². The summed E-state index contributed by atoms with van der Waals surface area (Å²) >= 11 is 0. The van der Waals surface area contributed by atoms with Gasteiger partial charge in [-0.3, -0.25) is 19.3 Å². The lowest BCUT2D eigenvalue weighted by atomic mass is 9.47. The molecule has 1 aliphatic heterocycles. The molecule has 6 rings (SSSR count). The van der Waals surface area contributed by atoms with E-state index in [1.54, 1.807) is 0 Å². The molecular formula is C38H69NO7. The van der Waals surface area contributed by atoms with E-state index in [4.69, 9.17) is 18.9 Å². The monoisotopic (exact) mass is 652 g/mol. The van der Waals surface area contributed by atoms with Crippen LogP contribution in [0.15, 0.2) is 0 Å². The van der Waals surface area contributed by atoms with Crippen molar-refractivity contribution in [3.8, 4) is 0 Å². The van der Waals surface area contributed by atoms with Crippen molar-refractivity contribution in [2.45, 2.75) is 158 Å². The SMILES string of the molecule is C.C.CCC(C)(C)C(=O)OCCN1CCOCC1.CCC1(OC(=O)C23CC4CC(CC(OC(=O)C(C)(C)CC)(C4)C2)C3)CCCC1. The van der Waals surface area contributed by atoms with Gasteiger partial charge in [0, 0.05) is 26.1 Å². The summed E-state index contributed by atoms with van der Waals surface area (Å²) < 4.78 is 23.1. The quantitative estimate of drug-likeness (QED) is 0.163. The molecule has 0 aromatic carbocycles. The highest BCUT2D eigenvalue weighted by molar-refractivity contribution is 5.79. The van der Waals surface area contributed by atoms with Gasteiger partial charge in [0.1, 0.15) is 17.8 Å². The third-order valence-corrected chi connectivity index (χ3v) is 11.8. The number of esters is 3. The van der Waals surface area contributed by atoms with Crippen LogP contribution in [0.3, 0.4) is 0 Å². The Morgan fingerprint density at radius 3 is 1.87 bits per heavy atom. The lowest BCUT2D eigenvalue weighted by Gasteiger charge is -2.60. The first kappa shape index (κ1) is 40.5. The van der Waals surface area contributed by atoms with Crippen LogP contribution in [0.1, 0.15) is 147 Å². The lowest BCUT2D eigenvalue weighted by Crippen LogP contribution is -2.61. The summed E-state index contributed by atoms with van der Waals surface area (Å²) in [4.78, 5) is 40.4. The molecule has 8 nitrogen and oxygen atoms in total. The number of rotatable bonds is 11. The predicted octanol–water partition coefficient (Wildman–Crippen LogP) is 8.14. The first-order valence-electron chi connectivity index (χ1n) is 17.7. The van der Waals surface area contributed by atoms with E-state index in [9.17, 15) is 14.4 Å². The van der Waals surface area contributed by atoms with E-state index in [-0.39, 0.29) is 43.8 Å². The van der Waals surface area contributed by atoms with Gasteiger partial charge in [-0.25, -0.2) is 0 Å². The van der Waals surface area contributed by atoms with Gasteiger partial charge in [0.05, 0.1) is 29.5 Å². The number of nitrogens with zero attached hydrogens (tertiary/aromatic N) is 1. The van der Waals surface area contributed by atoms with Crippen molar-refractivity contribution in [3.05, 3.63) is 0 Å². The molecule has 46 heavy (non-hydrogen) atoms. The minimum Gasteiger partial charge on any atom is -0.464 e. The molecule has 0 radical (unpaired) electrons. The molecule has 0 amide bonds. The number of morpholine rings is 1. The molecule has 8 heteroatoms. The molecule has 0 aromatic heterocycles. The average molecular weight is 652 g/mol. The van der Waals surface area contributed by atoms with Crippen LogP contribution >= 0.6 is 0 Å². The van der Waals surface area contributed by atoms with Crippen molar-refractivity contribution in [2.75, 3.05) is 39.5 Å². The van der Waals surface area contributed by atoms with Crippen LogP contribution < -0.4 is 0 Å². The van der Waals surface area contributed by atoms with Crippen LogP contribution in [0.4, 0.5) is 0 Å². The summed E-state index contributed by atoms with van der Waals surface area (Å²) in [5.74, 6) is 0.810. The average Bonchev–Trinajstić information content (AvgIpc) is 3.46. The summed E-state index contributed by atoms with van der Waals surface area (Å²) in [7, 11) is 0. The van der Waals surface area contributed by atoms with Gasteiger partial charge in [0.25, 0.3) is 0 Å². The van der Waals surface area contributed by atoms with Crippen LogP contribution in [-0.2, 0) is 33.3 Å². The van der Waals surface area contributed by atoms with E-state index >= 15 is 0 Å². The molecule has 0 spiro atoms. The number of hydrogen-bond donors (Lipinski definition) is 0. The van der Waals surface area contributed by atoms with E-state index in [1.807, 2.05) is 41.5 Å². The molecule has 268 valence electrons. The number of hydrogen-bond acceptors (Lipinski definition) is 8. The predicted molar refractivity (Wildman–Crippen MR) is 183 cm³/mol. The molecule has 0 N–H and O–H groups in total. The van der Waals surface area contributed by atoms with Crippen molar-refractivity contribution in [2.24, 2.45) is 28.1 Å². The highest BCUT2D eigenvalue weighted by Gasteiger charge is 2.64. The highest BCUT2D eigenvalue weighted by atomic mass is 16.6. The van der Waals surface area contributed by atoms with E-state index in [2.05, 4.69) is 11.8 Å². The van der Waals surface area contributed by atoms with Gasteiger partial charge < -0.3 is 18.9 Å². The second kappa shape index (κ2) is 16.2. The van der Waals surface area contributed by atoms with Crippen LogP contribution in [0.25, 0.3) is 0 Å². The van der Waals surface area contributed by atoms with E-state index in [0.29, 0.717) is 24.9 Å². The lowest BCUT2D eigenvalue weighted by molar-refractivity contribution is -0.223. The molecule has 1 heterocycles. The fraction of sp³-hybridized carbons (Fsp3) is 0.921. The first-order valence-corrected chi connectivity index (χ1v) is 17.7. The summed E-state index contributed by atoms with van der Waals surface area (Å²) in [6.07, 6.45) is 12.4. The number of carbonyl (C=O) groups excluding carboxylic acids is 3. The fourth-order valence-corrected chi connectivity index (χ4v) is 8.30. The summed E-state index contributed by atoms with van der Waals surface area (Å²) in [5.41, 5.74) is -1.93. The Labute approximate surface area is 281 Å². The number of ether oxygens (including phenoxy) is 4. The maximum absolute atomic E-state index is 13.5. The summed E-state index contributed by atoms with van der Waals surface area (Å²) in [6.45, 7) is 18.7. The van der Waals surface area contributed by atoms with Gasteiger partial charge >= 0.3 is 17.9 Å². The summed E-state index contributed by atoms with van der Waals surface area (Å²) in [6, 6.07) is 0. The Kier molecular flexibility index (Phi) is 14.2. The zero-order valence-corrected chi connectivity index (χ0v) is 28.9. The Morgan fingerprint density at radius 2 is 1.35 bits per heavy atom. The molecule has 5 saturated carbocycles. The van der Waals surface area contributed by atoms with Gasteiger partial charge in [-0.05, 0) is 117 Å². The highest BCUT2D eigenvalue weighted by Crippen LogP contribution is 2.64. The number of carbonyl (C=O) groups is 3. The Balaban J connectivity index is 0.000000353. The van der Waals surface area contributed by atoms with Crippen molar-refractivity contribution in [1.82, 2.24) is 4.90 Å². The van der Waals surface area contributed by atoms with E-state index in [0.717, 1.165) is 103 Å². The third kappa shape index (κ3) is 9.27. The zero-order chi connectivity index (χ0) is 32.2. The summed E-state index contributed by atoms with van der Waals surface area (Å²) in [5, 5.41) is 0. The second-order valence-corrected chi connectivity index (χ2v) is 16.0. The maximum Gasteiger partial charge on any atom is 0.312 e. The van der Waals surface area contributed by atoms with Crippen molar-refractivity contribution in [3.63, 3.8) is 0 Å². The van der Waals surface area contributed by atoms with Gasteiger partial charge in [-0.15, -0.1) is 0 Å². The van der Waals surface area contributed by atoms with Crippen LogP contribution in [0.2, 0.25) is 0 Å². The standard InChI is InChI=1S/C24H38O4.C12H23NO3.2CH4/c1-5-21(3,4)19(25)27-24-14-17-11-18(15-24)13-22(12-17,16-24)20(26)28-23(6-2)9-7-8-10-23;1-4-12(2,3)11(14)16-10-7-13-5-8-15-9-6-13;;/h17-18H,5-16H2,1-4H3;4-10H2,1-3H3;2*1H4. The molecular weight excluding hydrogens is 582 g/mol. The molecule has 2 unspecified atom stereocenters.